The van der Waals surface area contributed by atoms with Crippen molar-refractivity contribution in [2.24, 2.45) is 0 Å². The van der Waals surface area contributed by atoms with Crippen LogP contribution in [0.5, 0.6) is 0 Å². The van der Waals surface area contributed by atoms with E-state index < -0.39 is 0 Å². The Balaban J connectivity index is 2.04. The molecule has 70 valence electrons. The molecule has 1 aromatic heterocycles. The zero-order chi connectivity index (χ0) is 9.10. The Hall–Kier alpha value is -1.16. The number of hydrogen-bond acceptors (Lipinski definition) is 3. The van der Waals surface area contributed by atoms with Gasteiger partial charge in [-0.15, -0.1) is 0 Å². The lowest BCUT2D eigenvalue weighted by atomic mass is 10.2. The lowest BCUT2D eigenvalue weighted by molar-refractivity contribution is 0.619. The van der Waals surface area contributed by atoms with Gasteiger partial charge in [0, 0.05) is 18.8 Å². The molecule has 1 fully saturated rings. The molecule has 13 heavy (non-hydrogen) atoms. The fraction of sp³-hybridized carbons (Fsp3) is 0.444. The first-order valence-corrected chi connectivity index (χ1v) is 4.44. The summed E-state index contributed by atoms with van der Waals surface area (Å²) in [5.41, 5.74) is 0. The summed E-state index contributed by atoms with van der Waals surface area (Å²) >= 11 is 0. The van der Waals surface area contributed by atoms with Crippen molar-refractivity contribution >= 4 is 5.82 Å². The third-order valence-corrected chi connectivity index (χ3v) is 2.16. The SMILES string of the molecule is Fc1cccnc1N[C@@H]1CCNC1. The normalized spacial score (nSPS) is 21.8. The summed E-state index contributed by atoms with van der Waals surface area (Å²) in [6, 6.07) is 3.31. The average molecular weight is 181 g/mol. The van der Waals surface area contributed by atoms with Gasteiger partial charge >= 0.3 is 0 Å². The number of halogens is 1. The van der Waals surface area contributed by atoms with Crippen LogP contribution in [-0.4, -0.2) is 24.1 Å². The minimum Gasteiger partial charge on any atom is -0.364 e. The van der Waals surface area contributed by atoms with E-state index in [0.717, 1.165) is 19.5 Å². The quantitative estimate of drug-likeness (QED) is 0.714. The molecule has 2 rings (SSSR count). The van der Waals surface area contributed by atoms with Crippen LogP contribution in [0.1, 0.15) is 6.42 Å². The highest BCUT2D eigenvalue weighted by molar-refractivity contribution is 5.36. The summed E-state index contributed by atoms with van der Waals surface area (Å²) < 4.78 is 13.1. The molecule has 3 nitrogen and oxygen atoms in total. The maximum atomic E-state index is 13.1. The Morgan fingerprint density at radius 3 is 3.23 bits per heavy atom. The van der Waals surface area contributed by atoms with Gasteiger partial charge < -0.3 is 10.6 Å². The lowest BCUT2D eigenvalue weighted by Gasteiger charge is -2.11. The molecule has 1 aliphatic heterocycles. The van der Waals surface area contributed by atoms with Crippen LogP contribution in [-0.2, 0) is 0 Å². The van der Waals surface area contributed by atoms with E-state index in [1.165, 1.54) is 6.07 Å². The highest BCUT2D eigenvalue weighted by Crippen LogP contribution is 2.12. The molecule has 0 radical (unpaired) electrons. The number of anilines is 1. The summed E-state index contributed by atoms with van der Waals surface area (Å²) in [5, 5.41) is 6.26. The number of nitrogens with one attached hydrogen (secondary N) is 2. The van der Waals surface area contributed by atoms with Gasteiger partial charge in [-0.05, 0) is 25.1 Å². The predicted molar refractivity (Wildman–Crippen MR) is 49.1 cm³/mol. The van der Waals surface area contributed by atoms with E-state index in [9.17, 15) is 4.39 Å². The Bertz CT molecular complexity index is 284. The fourth-order valence-corrected chi connectivity index (χ4v) is 1.46. The van der Waals surface area contributed by atoms with Gasteiger partial charge in [-0.25, -0.2) is 9.37 Å². The maximum absolute atomic E-state index is 13.1. The summed E-state index contributed by atoms with van der Waals surface area (Å²) in [4.78, 5) is 3.93. The summed E-state index contributed by atoms with van der Waals surface area (Å²) in [5.74, 6) is 0.0746. The number of pyridine rings is 1. The van der Waals surface area contributed by atoms with Crippen LogP contribution in [0.2, 0.25) is 0 Å². The average Bonchev–Trinajstić information content (AvgIpc) is 2.61. The van der Waals surface area contributed by atoms with Gasteiger partial charge in [-0.3, -0.25) is 0 Å². The van der Waals surface area contributed by atoms with Crippen molar-refractivity contribution in [1.29, 1.82) is 0 Å². The second-order valence-electron chi connectivity index (χ2n) is 3.17. The molecule has 4 heteroatoms. The molecule has 2 N–H and O–H groups in total. The van der Waals surface area contributed by atoms with Crippen LogP contribution in [0.25, 0.3) is 0 Å². The first kappa shape index (κ1) is 8.44. The molecular formula is C9H12FN3. The molecule has 0 bridgehead atoms. The van der Waals surface area contributed by atoms with E-state index in [2.05, 4.69) is 15.6 Å². The van der Waals surface area contributed by atoms with Crippen molar-refractivity contribution in [2.75, 3.05) is 18.4 Å². The van der Waals surface area contributed by atoms with Crippen molar-refractivity contribution in [3.8, 4) is 0 Å². The van der Waals surface area contributed by atoms with Gasteiger partial charge in [0.2, 0.25) is 0 Å². The molecule has 0 unspecified atom stereocenters. The fourth-order valence-electron chi connectivity index (χ4n) is 1.46. The van der Waals surface area contributed by atoms with Crippen LogP contribution >= 0.6 is 0 Å². The topological polar surface area (TPSA) is 37.0 Å². The molecule has 0 spiro atoms. The molecule has 1 aromatic rings. The minimum absolute atomic E-state index is 0.283. The van der Waals surface area contributed by atoms with Crippen LogP contribution in [0.15, 0.2) is 18.3 Å². The van der Waals surface area contributed by atoms with Crippen LogP contribution in [0.3, 0.4) is 0 Å². The minimum atomic E-state index is -0.283. The highest BCUT2D eigenvalue weighted by atomic mass is 19.1. The molecule has 0 aliphatic carbocycles. The highest BCUT2D eigenvalue weighted by Gasteiger charge is 2.15. The van der Waals surface area contributed by atoms with Gasteiger partial charge in [0.1, 0.15) is 0 Å². The monoisotopic (exact) mass is 181 g/mol. The molecule has 2 heterocycles. The Morgan fingerprint density at radius 1 is 1.62 bits per heavy atom. The van der Waals surface area contributed by atoms with E-state index in [4.69, 9.17) is 0 Å². The zero-order valence-corrected chi connectivity index (χ0v) is 7.26. The standard InChI is InChI=1S/C9H12FN3/c10-8-2-1-4-12-9(8)13-7-3-5-11-6-7/h1-2,4,7,11H,3,5-6H2,(H,12,13)/t7-/m1/s1. The van der Waals surface area contributed by atoms with Gasteiger partial charge in [0.05, 0.1) is 0 Å². The van der Waals surface area contributed by atoms with Crippen LogP contribution in [0.4, 0.5) is 10.2 Å². The van der Waals surface area contributed by atoms with Crippen molar-refractivity contribution in [1.82, 2.24) is 10.3 Å². The summed E-state index contributed by atoms with van der Waals surface area (Å²) in [6.45, 7) is 1.88. The smallest absolute Gasteiger partial charge is 0.165 e. The number of nitrogens with zero attached hydrogens (tertiary/aromatic N) is 1. The number of aromatic nitrogens is 1. The maximum Gasteiger partial charge on any atom is 0.165 e. The van der Waals surface area contributed by atoms with Gasteiger partial charge in [-0.2, -0.15) is 0 Å². The van der Waals surface area contributed by atoms with Gasteiger partial charge in [0.25, 0.3) is 0 Å². The van der Waals surface area contributed by atoms with Crippen LogP contribution < -0.4 is 10.6 Å². The van der Waals surface area contributed by atoms with Crippen molar-refractivity contribution < 1.29 is 4.39 Å². The Kier molecular flexibility index (Phi) is 2.40. The zero-order valence-electron chi connectivity index (χ0n) is 7.26. The summed E-state index contributed by atoms with van der Waals surface area (Å²) in [6.07, 6.45) is 2.61. The van der Waals surface area contributed by atoms with E-state index in [1.807, 2.05) is 0 Å². The predicted octanol–water partition coefficient (Wildman–Crippen LogP) is 0.994. The molecule has 1 atom stereocenters. The van der Waals surface area contributed by atoms with Crippen LogP contribution in [0, 0.1) is 5.82 Å². The molecule has 0 amide bonds. The van der Waals surface area contributed by atoms with Crippen molar-refractivity contribution in [2.45, 2.75) is 12.5 Å². The van der Waals surface area contributed by atoms with Gasteiger partial charge in [-0.1, -0.05) is 0 Å². The van der Waals surface area contributed by atoms with Crippen molar-refractivity contribution in [3.63, 3.8) is 0 Å². The first-order chi connectivity index (χ1) is 6.36. The van der Waals surface area contributed by atoms with Gasteiger partial charge in [0.15, 0.2) is 11.6 Å². The second kappa shape index (κ2) is 3.70. The molecule has 0 saturated carbocycles. The number of hydrogen-bond donors (Lipinski definition) is 2. The number of rotatable bonds is 2. The van der Waals surface area contributed by atoms with Crippen molar-refractivity contribution in [3.05, 3.63) is 24.1 Å². The lowest BCUT2D eigenvalue weighted by Crippen LogP contribution is -2.23. The second-order valence-corrected chi connectivity index (χ2v) is 3.17. The molecule has 1 aliphatic rings. The first-order valence-electron chi connectivity index (χ1n) is 4.44. The third-order valence-electron chi connectivity index (χ3n) is 2.16. The van der Waals surface area contributed by atoms with E-state index in [1.54, 1.807) is 12.3 Å². The van der Waals surface area contributed by atoms with E-state index >= 15 is 0 Å². The third kappa shape index (κ3) is 1.95. The molecular weight excluding hydrogens is 169 g/mol. The summed E-state index contributed by atoms with van der Waals surface area (Å²) in [7, 11) is 0. The van der Waals surface area contributed by atoms with E-state index in [0.29, 0.717) is 11.9 Å². The molecule has 1 saturated heterocycles. The molecule has 0 aromatic carbocycles. The Labute approximate surface area is 76.4 Å². The largest absolute Gasteiger partial charge is 0.364 e. The Morgan fingerprint density at radius 2 is 2.54 bits per heavy atom. The van der Waals surface area contributed by atoms with E-state index in [-0.39, 0.29) is 5.82 Å².